The summed E-state index contributed by atoms with van der Waals surface area (Å²) < 4.78 is 5.60. The van der Waals surface area contributed by atoms with Gasteiger partial charge in [0.05, 0.1) is 0 Å². The van der Waals surface area contributed by atoms with Crippen LogP contribution in [0.2, 0.25) is 0 Å². The molecule has 2 atom stereocenters. The fourth-order valence-electron chi connectivity index (χ4n) is 4.87. The minimum Gasteiger partial charge on any atom is -0.480 e. The van der Waals surface area contributed by atoms with Crippen molar-refractivity contribution < 1.29 is 24.2 Å². The highest BCUT2D eigenvalue weighted by molar-refractivity contribution is 5.83. The van der Waals surface area contributed by atoms with Crippen LogP contribution in [-0.2, 0) is 14.3 Å². The largest absolute Gasteiger partial charge is 0.480 e. The Morgan fingerprint density at radius 2 is 1.69 bits per heavy atom. The number of amides is 2. The van der Waals surface area contributed by atoms with Crippen LogP contribution >= 0.6 is 0 Å². The average Bonchev–Trinajstić information content (AvgIpc) is 3.65. The first-order valence-corrected chi connectivity index (χ1v) is 12.2. The lowest BCUT2D eigenvalue weighted by Gasteiger charge is -2.20. The number of carbonyl (C=O) groups is 3. The van der Waals surface area contributed by atoms with E-state index in [-0.39, 0.29) is 30.8 Å². The van der Waals surface area contributed by atoms with Gasteiger partial charge in [-0.2, -0.15) is 0 Å². The zero-order valence-corrected chi connectivity index (χ0v) is 19.7. The molecule has 184 valence electrons. The second-order valence-corrected chi connectivity index (χ2v) is 9.33. The molecule has 0 aromatic heterocycles. The summed E-state index contributed by atoms with van der Waals surface area (Å²) in [5.41, 5.74) is 4.64. The smallest absolute Gasteiger partial charge is 0.407 e. The van der Waals surface area contributed by atoms with E-state index in [9.17, 15) is 19.5 Å². The normalized spacial score (nSPS) is 15.9. The molecule has 0 aliphatic heterocycles. The number of fused-ring (bicyclic) bond motifs is 3. The lowest BCUT2D eigenvalue weighted by Crippen LogP contribution is -2.42. The van der Waals surface area contributed by atoms with E-state index in [4.69, 9.17) is 4.74 Å². The fourth-order valence-corrected chi connectivity index (χ4v) is 4.87. The number of ether oxygens (including phenoxy) is 1. The van der Waals surface area contributed by atoms with E-state index in [1.54, 1.807) is 6.08 Å². The van der Waals surface area contributed by atoms with Crippen molar-refractivity contribution >= 4 is 18.0 Å². The summed E-state index contributed by atoms with van der Waals surface area (Å²) in [5.74, 6) is -1.08. The number of carboxylic acid groups (broad SMARTS) is 1. The van der Waals surface area contributed by atoms with Crippen molar-refractivity contribution in [3.63, 3.8) is 0 Å². The van der Waals surface area contributed by atoms with Gasteiger partial charge in [-0.3, -0.25) is 4.79 Å². The first-order valence-electron chi connectivity index (χ1n) is 12.2. The fraction of sp³-hybridized carbons (Fsp3) is 0.393. The minimum absolute atomic E-state index is 0.0123. The highest BCUT2D eigenvalue weighted by Gasteiger charge is 2.34. The number of carboxylic acids is 1. The molecule has 3 N–H and O–H groups in total. The number of nitrogens with one attached hydrogen (secondary N) is 2. The Morgan fingerprint density at radius 1 is 1.06 bits per heavy atom. The van der Waals surface area contributed by atoms with Crippen molar-refractivity contribution in [1.82, 2.24) is 10.6 Å². The Hall–Kier alpha value is -3.61. The van der Waals surface area contributed by atoms with Gasteiger partial charge in [0, 0.05) is 18.9 Å². The zero-order valence-electron chi connectivity index (χ0n) is 19.7. The molecule has 35 heavy (non-hydrogen) atoms. The van der Waals surface area contributed by atoms with Gasteiger partial charge in [0.25, 0.3) is 0 Å². The van der Waals surface area contributed by atoms with Crippen LogP contribution in [0.25, 0.3) is 11.1 Å². The summed E-state index contributed by atoms with van der Waals surface area (Å²) in [7, 11) is 0. The number of benzene rings is 2. The lowest BCUT2D eigenvalue weighted by atomic mass is 9.98. The Balaban J connectivity index is 1.29. The van der Waals surface area contributed by atoms with Crippen molar-refractivity contribution in [3.05, 3.63) is 72.3 Å². The van der Waals surface area contributed by atoms with Gasteiger partial charge in [-0.25, -0.2) is 9.59 Å². The van der Waals surface area contributed by atoms with E-state index in [0.717, 1.165) is 24.0 Å². The third-order valence-electron chi connectivity index (χ3n) is 6.88. The molecule has 2 aliphatic carbocycles. The molecular weight excluding hydrogens is 444 g/mol. The molecule has 0 spiro atoms. The molecule has 7 nitrogen and oxygen atoms in total. The van der Waals surface area contributed by atoms with Crippen LogP contribution in [0.5, 0.6) is 0 Å². The Bertz CT molecular complexity index is 1050. The SMILES string of the molecule is C=CCCC(NC(=O)CC(CNC(=O)OCC1c2ccccc2-c2ccccc21)C1CC1)C(=O)O. The van der Waals surface area contributed by atoms with Gasteiger partial charge in [-0.15, -0.1) is 6.58 Å². The minimum atomic E-state index is -1.06. The quantitative estimate of drug-likeness (QED) is 0.392. The maximum Gasteiger partial charge on any atom is 0.407 e. The van der Waals surface area contributed by atoms with Crippen molar-refractivity contribution in [2.45, 2.75) is 44.1 Å². The van der Waals surface area contributed by atoms with Gasteiger partial charge < -0.3 is 20.5 Å². The summed E-state index contributed by atoms with van der Waals surface area (Å²) in [5, 5.41) is 14.8. The van der Waals surface area contributed by atoms with E-state index < -0.39 is 18.1 Å². The molecule has 0 radical (unpaired) electrons. The van der Waals surface area contributed by atoms with E-state index in [1.165, 1.54) is 11.1 Å². The van der Waals surface area contributed by atoms with Crippen LogP contribution in [0.3, 0.4) is 0 Å². The predicted molar refractivity (Wildman–Crippen MR) is 133 cm³/mol. The average molecular weight is 477 g/mol. The second kappa shape index (κ2) is 11.2. The molecule has 2 amide bonds. The summed E-state index contributed by atoms with van der Waals surface area (Å²) in [6.07, 6.45) is 4.11. The highest BCUT2D eigenvalue weighted by Crippen LogP contribution is 2.44. The molecule has 1 saturated carbocycles. The summed E-state index contributed by atoms with van der Waals surface area (Å²) in [6, 6.07) is 15.4. The van der Waals surface area contributed by atoms with Crippen LogP contribution in [-0.4, -0.2) is 42.3 Å². The van der Waals surface area contributed by atoms with Gasteiger partial charge in [0.1, 0.15) is 12.6 Å². The van der Waals surface area contributed by atoms with Gasteiger partial charge >= 0.3 is 12.1 Å². The maximum absolute atomic E-state index is 12.5. The van der Waals surface area contributed by atoms with Gasteiger partial charge in [-0.05, 0) is 59.8 Å². The molecule has 2 unspecified atom stereocenters. The van der Waals surface area contributed by atoms with Gasteiger partial charge in [0.15, 0.2) is 0 Å². The molecule has 2 aliphatic rings. The van der Waals surface area contributed by atoms with Crippen LogP contribution in [0.15, 0.2) is 61.2 Å². The van der Waals surface area contributed by atoms with Crippen molar-refractivity contribution in [2.24, 2.45) is 11.8 Å². The predicted octanol–water partition coefficient (Wildman–Crippen LogP) is 4.48. The first-order chi connectivity index (χ1) is 17.0. The van der Waals surface area contributed by atoms with Crippen molar-refractivity contribution in [3.8, 4) is 11.1 Å². The third kappa shape index (κ3) is 6.10. The number of carbonyl (C=O) groups excluding carboxylic acids is 2. The van der Waals surface area contributed by atoms with Crippen LogP contribution < -0.4 is 10.6 Å². The number of aliphatic carboxylic acids is 1. The monoisotopic (exact) mass is 476 g/mol. The number of alkyl carbamates (subject to hydrolysis) is 1. The Morgan fingerprint density at radius 3 is 2.26 bits per heavy atom. The molecule has 4 rings (SSSR count). The summed E-state index contributed by atoms with van der Waals surface area (Å²) in [4.78, 5) is 36.4. The molecule has 0 saturated heterocycles. The first kappa shape index (κ1) is 24.5. The third-order valence-corrected chi connectivity index (χ3v) is 6.88. The Labute approximate surface area is 205 Å². The molecule has 0 heterocycles. The number of hydrogen-bond donors (Lipinski definition) is 3. The molecule has 2 aromatic carbocycles. The van der Waals surface area contributed by atoms with E-state index in [2.05, 4.69) is 41.5 Å². The maximum atomic E-state index is 12.5. The van der Waals surface area contributed by atoms with Crippen molar-refractivity contribution in [1.29, 1.82) is 0 Å². The lowest BCUT2D eigenvalue weighted by molar-refractivity contribution is -0.142. The van der Waals surface area contributed by atoms with Crippen molar-refractivity contribution in [2.75, 3.05) is 13.2 Å². The zero-order chi connectivity index (χ0) is 24.8. The molecule has 7 heteroatoms. The molecule has 0 bridgehead atoms. The highest BCUT2D eigenvalue weighted by atomic mass is 16.5. The molecular formula is C28H32N2O5. The molecule has 1 fully saturated rings. The van der Waals surface area contributed by atoms with Crippen LogP contribution in [0.4, 0.5) is 4.79 Å². The van der Waals surface area contributed by atoms with Crippen LogP contribution in [0.1, 0.15) is 49.1 Å². The standard InChI is InChI=1S/C28H32N2O5/c1-2-3-12-25(27(32)33)30-26(31)15-19(18-13-14-18)16-29-28(34)35-17-24-22-10-6-4-8-20(22)21-9-5-7-11-23(21)24/h2,4-11,18-19,24-25H,1,3,12-17H2,(H,29,34)(H,30,31)(H,32,33). The van der Waals surface area contributed by atoms with Gasteiger partial charge in [0.2, 0.25) is 5.91 Å². The van der Waals surface area contributed by atoms with E-state index >= 15 is 0 Å². The summed E-state index contributed by atoms with van der Waals surface area (Å²) in [6.45, 7) is 4.15. The van der Waals surface area contributed by atoms with E-state index in [0.29, 0.717) is 25.3 Å². The molecule has 2 aromatic rings. The summed E-state index contributed by atoms with van der Waals surface area (Å²) >= 11 is 0. The number of allylic oxidation sites excluding steroid dienone is 1. The van der Waals surface area contributed by atoms with Gasteiger partial charge in [-0.1, -0.05) is 54.6 Å². The Kier molecular flexibility index (Phi) is 7.85. The van der Waals surface area contributed by atoms with E-state index in [1.807, 2.05) is 24.3 Å². The number of hydrogen-bond acceptors (Lipinski definition) is 4. The van der Waals surface area contributed by atoms with Crippen LogP contribution in [0, 0.1) is 11.8 Å². The number of rotatable bonds is 12. The second-order valence-electron chi connectivity index (χ2n) is 9.33. The topological polar surface area (TPSA) is 105 Å².